The van der Waals surface area contributed by atoms with Gasteiger partial charge in [0, 0.05) is 46.3 Å². The van der Waals surface area contributed by atoms with Crippen LogP contribution in [0.25, 0.3) is 94.9 Å². The minimum atomic E-state index is -2.17. The van der Waals surface area contributed by atoms with Crippen LogP contribution >= 0.6 is 0 Å². The van der Waals surface area contributed by atoms with Crippen molar-refractivity contribution in [3.63, 3.8) is 0 Å². The molecule has 337 valence electrons. The Morgan fingerprint density at radius 2 is 1.28 bits per heavy atom. The maximum Gasteiger partial charge on any atom is 0 e. The van der Waals surface area contributed by atoms with Crippen LogP contribution in [0.15, 0.2) is 193 Å². The third-order valence-electron chi connectivity index (χ3n) is 12.2. The van der Waals surface area contributed by atoms with E-state index in [9.17, 15) is 0 Å². The van der Waals surface area contributed by atoms with Crippen LogP contribution in [-0.2, 0) is 25.5 Å². The molecule has 7 aromatic carbocycles. The van der Waals surface area contributed by atoms with Gasteiger partial charge in [0.25, 0.3) is 0 Å². The van der Waals surface area contributed by atoms with Crippen molar-refractivity contribution in [1.82, 2.24) is 19.5 Å². The number of imidazole rings is 1. The van der Waals surface area contributed by atoms with Crippen molar-refractivity contribution >= 4 is 50.8 Å². The standard InChI is InChI=1S/C47H36N3O.C14H16GeN.Ir/c1-30-22-24-33(25-23-30)40-27-26-36-35-18-13-19-37(44(35)51-46(36)49-40)45-48-41-20-11-12-21-42(41)50(45)43-38(31-14-7-5-8-15-31)28-34(47(2,3)4)29-39(43)32-16-9-6-10-17-32;1-15(2,3)13-9-10-14(16-11-13)12-7-5-4-6-8-12;/h5-18,20-29H,1-4H3;4-7,9-11H,1-3H3;/q2*-1;/i1D3;;. The molecule has 68 heavy (non-hydrogen) atoms. The van der Waals surface area contributed by atoms with E-state index in [2.05, 4.69) is 157 Å². The monoisotopic (exact) mass is 1130 g/mol. The Morgan fingerprint density at radius 3 is 1.90 bits per heavy atom. The van der Waals surface area contributed by atoms with Crippen LogP contribution in [0, 0.1) is 19.0 Å². The van der Waals surface area contributed by atoms with Crippen molar-refractivity contribution in [2.24, 2.45) is 0 Å². The van der Waals surface area contributed by atoms with Gasteiger partial charge in [-0.2, -0.15) is 0 Å². The van der Waals surface area contributed by atoms with Crippen molar-refractivity contribution in [2.45, 2.75) is 50.3 Å². The van der Waals surface area contributed by atoms with Gasteiger partial charge < -0.3 is 8.98 Å². The number of benzene rings is 7. The van der Waals surface area contributed by atoms with Gasteiger partial charge >= 0.3 is 99.8 Å². The summed E-state index contributed by atoms with van der Waals surface area (Å²) in [6.07, 6.45) is 2.04. The van der Waals surface area contributed by atoms with Crippen LogP contribution in [-0.4, -0.2) is 32.8 Å². The number of furan rings is 1. The fourth-order valence-electron chi connectivity index (χ4n) is 8.54. The summed E-state index contributed by atoms with van der Waals surface area (Å²) in [6.45, 7) is 4.60. The summed E-state index contributed by atoms with van der Waals surface area (Å²) < 4.78 is 33.6. The predicted molar refractivity (Wildman–Crippen MR) is 282 cm³/mol. The van der Waals surface area contributed by atoms with Gasteiger partial charge in [-0.1, -0.05) is 134 Å². The largest absolute Gasteiger partial charge is 0 e. The van der Waals surface area contributed by atoms with Gasteiger partial charge in [-0.15, -0.1) is 18.2 Å². The average molecular weight is 1120 g/mol. The molecule has 11 aromatic rings. The number of aryl methyl sites for hydroxylation is 1. The Bertz CT molecular complexity index is 3580. The Hall–Kier alpha value is -6.70. The minimum Gasteiger partial charge on any atom is 0 e. The molecule has 0 aliphatic rings. The first kappa shape index (κ1) is 42.6. The number of hydrogen-bond acceptors (Lipinski definition) is 4. The molecule has 0 aliphatic carbocycles. The Kier molecular flexibility index (Phi) is 12.0. The molecule has 1 radical (unpaired) electrons. The first-order valence-corrected chi connectivity index (χ1v) is 30.0. The van der Waals surface area contributed by atoms with Gasteiger partial charge in [0.2, 0.25) is 5.71 Å². The number of aromatic nitrogens is 4. The second-order valence-corrected chi connectivity index (χ2v) is 29.6. The Balaban J connectivity index is 0.000000313. The van der Waals surface area contributed by atoms with Crippen LogP contribution < -0.4 is 4.40 Å². The van der Waals surface area contributed by atoms with Crippen molar-refractivity contribution in [2.75, 3.05) is 0 Å². The molecule has 4 heterocycles. The molecule has 0 saturated heterocycles. The first-order chi connectivity index (χ1) is 33.6. The van der Waals surface area contributed by atoms with Gasteiger partial charge in [-0.05, 0) is 65.4 Å². The zero-order valence-corrected chi connectivity index (χ0v) is 43.4. The smallest absolute Gasteiger partial charge is 0 e. The summed E-state index contributed by atoms with van der Waals surface area (Å²) in [4.78, 5) is 14.8. The normalized spacial score (nSPS) is 12.5. The Labute approximate surface area is 419 Å². The van der Waals surface area contributed by atoms with Gasteiger partial charge in [0.1, 0.15) is 0 Å². The SMILES string of the molecule is [2H]C([2H])([2H])c1ccc(-c2ccc3c(n2)oc2c(-c4nc5ccccc5n4-c4c(-c5ccccc5)cc(C(C)(C)C)cc4-c4ccccc4)[c-]ccc23)cc1.[CH3][Ge]([CH3])([CH3])[c]1ccc(-c2[c-]cccc2)nc1.[Ir]. The van der Waals surface area contributed by atoms with Gasteiger partial charge in [-0.25, -0.2) is 4.98 Å². The molecule has 5 nitrogen and oxygen atoms in total. The number of rotatable bonds is 7. The summed E-state index contributed by atoms with van der Waals surface area (Å²) in [6, 6.07) is 67.8. The quantitative estimate of drug-likeness (QED) is 0.118. The molecular weight excluding hydrogens is 1070 g/mol. The molecule has 0 atom stereocenters. The van der Waals surface area contributed by atoms with E-state index in [1.54, 1.807) is 24.3 Å². The van der Waals surface area contributed by atoms with Crippen molar-refractivity contribution in [1.29, 1.82) is 0 Å². The number of para-hydroxylation sites is 2. The van der Waals surface area contributed by atoms with E-state index in [4.69, 9.17) is 18.5 Å². The van der Waals surface area contributed by atoms with E-state index in [0.29, 0.717) is 22.8 Å². The molecule has 7 heteroatoms. The third-order valence-corrected chi connectivity index (χ3v) is 16.5. The zero-order valence-electron chi connectivity index (χ0n) is 41.9. The molecule has 4 aromatic heterocycles. The van der Waals surface area contributed by atoms with Gasteiger partial charge in [0.05, 0.1) is 33.8 Å². The molecule has 0 N–H and O–H groups in total. The van der Waals surface area contributed by atoms with Crippen molar-refractivity contribution in [3.8, 4) is 61.8 Å². The second-order valence-electron chi connectivity index (χ2n) is 18.9. The molecule has 0 bridgehead atoms. The number of pyridine rings is 2. The predicted octanol–water partition coefficient (Wildman–Crippen LogP) is 15.5. The van der Waals surface area contributed by atoms with Crippen molar-refractivity contribution in [3.05, 3.63) is 211 Å². The topological polar surface area (TPSA) is 56.7 Å². The molecule has 0 unspecified atom stereocenters. The number of nitrogens with zero attached hydrogens (tertiary/aromatic N) is 4. The number of fused-ring (bicyclic) bond motifs is 4. The molecule has 11 rings (SSSR count). The minimum absolute atomic E-state index is 0. The summed E-state index contributed by atoms with van der Waals surface area (Å²) >= 11 is -1.72. The van der Waals surface area contributed by atoms with Crippen LogP contribution in [0.5, 0.6) is 0 Å². The summed E-state index contributed by atoms with van der Waals surface area (Å²) in [5.41, 5.74) is 14.1. The van der Waals surface area contributed by atoms with Crippen LogP contribution in [0.4, 0.5) is 0 Å². The zero-order chi connectivity index (χ0) is 48.8. The molecular formula is C61H52GeIrN4O-2. The van der Waals surface area contributed by atoms with Gasteiger partial charge in [-0.3, -0.25) is 4.98 Å². The van der Waals surface area contributed by atoms with E-state index < -0.39 is 20.1 Å². The summed E-state index contributed by atoms with van der Waals surface area (Å²) in [5, 5.41) is 1.78. The van der Waals surface area contributed by atoms with E-state index >= 15 is 0 Å². The van der Waals surface area contributed by atoms with Crippen LogP contribution in [0.2, 0.25) is 17.3 Å². The Morgan fingerprint density at radius 1 is 0.618 bits per heavy atom. The molecule has 0 saturated carbocycles. The summed E-state index contributed by atoms with van der Waals surface area (Å²) in [5.74, 6) is 7.85. The maximum absolute atomic E-state index is 7.75. The van der Waals surface area contributed by atoms with Crippen molar-refractivity contribution < 1.29 is 28.6 Å². The number of hydrogen-bond donors (Lipinski definition) is 0. The molecule has 0 amide bonds. The van der Waals surface area contributed by atoms with E-state index in [0.717, 1.165) is 72.1 Å². The first-order valence-electron chi connectivity index (χ1n) is 24.2. The fourth-order valence-corrected chi connectivity index (χ4v) is 10.7. The van der Waals surface area contributed by atoms with E-state index in [1.165, 1.54) is 9.96 Å². The van der Waals surface area contributed by atoms with Crippen LogP contribution in [0.3, 0.4) is 0 Å². The molecule has 0 aliphatic heterocycles. The van der Waals surface area contributed by atoms with E-state index in [-0.39, 0.29) is 31.1 Å². The maximum atomic E-state index is 7.75. The second kappa shape index (κ2) is 19.1. The molecule has 0 spiro atoms. The summed E-state index contributed by atoms with van der Waals surface area (Å²) in [7, 11) is 0. The fraction of sp³-hybridized carbons (Fsp3) is 0.131. The third kappa shape index (κ3) is 9.29. The molecule has 0 fully saturated rings. The van der Waals surface area contributed by atoms with Crippen LogP contribution in [0.1, 0.15) is 36.0 Å². The average Bonchev–Trinajstić information content (AvgIpc) is 3.95. The van der Waals surface area contributed by atoms with Gasteiger partial charge in [0.15, 0.2) is 0 Å². The van der Waals surface area contributed by atoms with E-state index in [1.807, 2.05) is 66.9 Å².